The summed E-state index contributed by atoms with van der Waals surface area (Å²) in [5, 5.41) is 0. The van der Waals surface area contributed by atoms with Crippen LogP contribution >= 0.6 is 0 Å². The highest BCUT2D eigenvalue weighted by atomic mass is 19.3. The zero-order valence-corrected chi connectivity index (χ0v) is 10.2. The largest absolute Gasteiger partial charge is 0.492 e. The van der Waals surface area contributed by atoms with Crippen LogP contribution in [0.15, 0.2) is 18.3 Å². The van der Waals surface area contributed by atoms with E-state index in [0.29, 0.717) is 25.3 Å². The van der Waals surface area contributed by atoms with Gasteiger partial charge in [0.05, 0.1) is 12.8 Å². The summed E-state index contributed by atoms with van der Waals surface area (Å²) in [6, 6.07) is 3.66. The van der Waals surface area contributed by atoms with Gasteiger partial charge in [-0.25, -0.2) is 8.78 Å². The van der Waals surface area contributed by atoms with E-state index in [1.807, 2.05) is 12.1 Å². The number of nitrogens with zero attached hydrogens (tertiary/aromatic N) is 1. The number of hydrogen-bond acceptors (Lipinski definition) is 3. The van der Waals surface area contributed by atoms with Crippen LogP contribution in [0.5, 0.6) is 5.75 Å². The minimum atomic E-state index is -2.50. The number of pyridine rings is 1. The van der Waals surface area contributed by atoms with Crippen molar-refractivity contribution in [2.45, 2.75) is 31.6 Å². The van der Waals surface area contributed by atoms with Crippen molar-refractivity contribution in [3.05, 3.63) is 24.0 Å². The van der Waals surface area contributed by atoms with Crippen LogP contribution in [-0.4, -0.2) is 24.1 Å². The second-order valence-corrected chi connectivity index (χ2v) is 4.80. The van der Waals surface area contributed by atoms with E-state index in [-0.39, 0.29) is 18.8 Å². The van der Waals surface area contributed by atoms with E-state index in [0.717, 1.165) is 12.1 Å². The fourth-order valence-corrected chi connectivity index (χ4v) is 2.19. The molecule has 1 atom stereocenters. The molecular formula is C13H18F2N2O. The fraction of sp³-hybridized carbons (Fsp3) is 0.615. The van der Waals surface area contributed by atoms with Crippen molar-refractivity contribution in [3.63, 3.8) is 0 Å². The maximum Gasteiger partial charge on any atom is 0.248 e. The molecule has 1 heterocycles. The molecule has 1 aromatic rings. The molecular weight excluding hydrogens is 238 g/mol. The van der Waals surface area contributed by atoms with Gasteiger partial charge in [0.15, 0.2) is 0 Å². The van der Waals surface area contributed by atoms with Crippen LogP contribution in [0.4, 0.5) is 8.78 Å². The monoisotopic (exact) mass is 256 g/mol. The van der Waals surface area contributed by atoms with E-state index < -0.39 is 5.92 Å². The molecule has 18 heavy (non-hydrogen) atoms. The Kier molecular flexibility index (Phi) is 4.11. The van der Waals surface area contributed by atoms with E-state index in [1.54, 1.807) is 6.20 Å². The molecule has 1 aliphatic rings. The van der Waals surface area contributed by atoms with Crippen molar-refractivity contribution in [1.29, 1.82) is 0 Å². The lowest BCUT2D eigenvalue weighted by molar-refractivity contribution is 0.00291. The zero-order chi connectivity index (χ0) is 13.0. The predicted molar refractivity (Wildman–Crippen MR) is 64.8 cm³/mol. The van der Waals surface area contributed by atoms with E-state index in [2.05, 4.69) is 4.98 Å². The molecule has 0 saturated heterocycles. The molecule has 3 nitrogen and oxygen atoms in total. The Bertz CT molecular complexity index is 381. The molecule has 0 amide bonds. The molecule has 1 unspecified atom stereocenters. The Hall–Kier alpha value is -1.23. The predicted octanol–water partition coefficient (Wildman–Crippen LogP) is 2.40. The first-order chi connectivity index (χ1) is 8.59. The second kappa shape index (κ2) is 5.61. The number of hydrogen-bond donors (Lipinski definition) is 1. The second-order valence-electron chi connectivity index (χ2n) is 4.80. The molecule has 100 valence electrons. The SMILES string of the molecule is NCCc1ccc(OCC2CCC(F)(F)C2)cn1. The summed E-state index contributed by atoms with van der Waals surface area (Å²) in [4.78, 5) is 4.19. The summed E-state index contributed by atoms with van der Waals surface area (Å²) in [6.07, 6.45) is 2.80. The Morgan fingerprint density at radius 2 is 2.28 bits per heavy atom. The first kappa shape index (κ1) is 13.2. The minimum absolute atomic E-state index is 0.0191. The first-order valence-electron chi connectivity index (χ1n) is 6.25. The number of nitrogens with two attached hydrogens (primary N) is 1. The third-order valence-corrected chi connectivity index (χ3v) is 3.19. The molecule has 1 saturated carbocycles. The minimum Gasteiger partial charge on any atom is -0.492 e. The van der Waals surface area contributed by atoms with Gasteiger partial charge in [-0.3, -0.25) is 4.98 Å². The maximum absolute atomic E-state index is 13.0. The third-order valence-electron chi connectivity index (χ3n) is 3.19. The van der Waals surface area contributed by atoms with E-state index in [1.165, 1.54) is 0 Å². The molecule has 1 aliphatic carbocycles. The van der Waals surface area contributed by atoms with E-state index >= 15 is 0 Å². The highest BCUT2D eigenvalue weighted by Gasteiger charge is 2.39. The van der Waals surface area contributed by atoms with Gasteiger partial charge in [-0.1, -0.05) is 0 Å². The summed E-state index contributed by atoms with van der Waals surface area (Å²) in [5.74, 6) is -1.92. The lowest BCUT2D eigenvalue weighted by Gasteiger charge is -2.12. The van der Waals surface area contributed by atoms with Gasteiger partial charge in [0, 0.05) is 25.0 Å². The number of ether oxygens (including phenoxy) is 1. The van der Waals surface area contributed by atoms with Crippen molar-refractivity contribution >= 4 is 0 Å². The molecule has 0 radical (unpaired) electrons. The topological polar surface area (TPSA) is 48.1 Å². The summed E-state index contributed by atoms with van der Waals surface area (Å²) in [5.41, 5.74) is 6.34. The molecule has 0 aliphatic heterocycles. The average Bonchev–Trinajstić information content (AvgIpc) is 2.69. The molecule has 0 aromatic carbocycles. The summed E-state index contributed by atoms with van der Waals surface area (Å²) < 4.78 is 31.4. The van der Waals surface area contributed by atoms with Crippen LogP contribution < -0.4 is 10.5 Å². The van der Waals surface area contributed by atoms with Crippen LogP contribution in [0.1, 0.15) is 25.0 Å². The van der Waals surface area contributed by atoms with Crippen LogP contribution in [-0.2, 0) is 6.42 Å². The zero-order valence-electron chi connectivity index (χ0n) is 10.2. The highest BCUT2D eigenvalue weighted by Crippen LogP contribution is 2.38. The van der Waals surface area contributed by atoms with Crippen LogP contribution in [0, 0.1) is 5.92 Å². The molecule has 0 spiro atoms. The van der Waals surface area contributed by atoms with Crippen molar-refractivity contribution in [1.82, 2.24) is 4.98 Å². The summed E-state index contributed by atoms with van der Waals surface area (Å²) in [6.45, 7) is 0.901. The van der Waals surface area contributed by atoms with Crippen molar-refractivity contribution in [2.24, 2.45) is 11.7 Å². The van der Waals surface area contributed by atoms with Gasteiger partial charge >= 0.3 is 0 Å². The first-order valence-corrected chi connectivity index (χ1v) is 6.25. The van der Waals surface area contributed by atoms with E-state index in [4.69, 9.17) is 10.5 Å². The van der Waals surface area contributed by atoms with Crippen LogP contribution in [0.2, 0.25) is 0 Å². The Morgan fingerprint density at radius 3 is 2.83 bits per heavy atom. The van der Waals surface area contributed by atoms with Gasteiger partial charge in [-0.15, -0.1) is 0 Å². The molecule has 2 rings (SSSR count). The van der Waals surface area contributed by atoms with Gasteiger partial charge in [0.25, 0.3) is 0 Å². The normalized spacial score (nSPS) is 22.1. The fourth-order valence-electron chi connectivity index (χ4n) is 2.19. The lowest BCUT2D eigenvalue weighted by atomic mass is 10.1. The van der Waals surface area contributed by atoms with Crippen molar-refractivity contribution in [2.75, 3.05) is 13.2 Å². The smallest absolute Gasteiger partial charge is 0.248 e. The number of halogens is 2. The lowest BCUT2D eigenvalue weighted by Crippen LogP contribution is -2.14. The molecule has 1 aromatic heterocycles. The van der Waals surface area contributed by atoms with Gasteiger partial charge in [0.2, 0.25) is 5.92 Å². The number of rotatable bonds is 5. The van der Waals surface area contributed by atoms with Gasteiger partial charge < -0.3 is 10.5 Å². The van der Waals surface area contributed by atoms with Gasteiger partial charge in [0.1, 0.15) is 5.75 Å². The van der Waals surface area contributed by atoms with Crippen molar-refractivity contribution < 1.29 is 13.5 Å². The van der Waals surface area contributed by atoms with E-state index in [9.17, 15) is 8.78 Å². The average molecular weight is 256 g/mol. The summed E-state index contributed by atoms with van der Waals surface area (Å²) in [7, 11) is 0. The quantitative estimate of drug-likeness (QED) is 0.880. The Balaban J connectivity index is 1.80. The standard InChI is InChI=1S/C13H18F2N2O/c14-13(15)5-3-10(7-13)9-18-12-2-1-11(4-6-16)17-8-12/h1-2,8,10H,3-7,9,16H2. The Morgan fingerprint density at radius 1 is 1.44 bits per heavy atom. The van der Waals surface area contributed by atoms with Crippen LogP contribution in [0.25, 0.3) is 0 Å². The summed E-state index contributed by atoms with van der Waals surface area (Å²) >= 11 is 0. The number of aromatic nitrogens is 1. The third kappa shape index (κ3) is 3.63. The van der Waals surface area contributed by atoms with Gasteiger partial charge in [-0.05, 0) is 31.0 Å². The van der Waals surface area contributed by atoms with Gasteiger partial charge in [-0.2, -0.15) is 0 Å². The molecule has 1 fully saturated rings. The molecule has 0 bridgehead atoms. The maximum atomic E-state index is 13.0. The van der Waals surface area contributed by atoms with Crippen LogP contribution in [0.3, 0.4) is 0 Å². The molecule has 2 N–H and O–H groups in total. The number of alkyl halides is 2. The molecule has 5 heteroatoms. The highest BCUT2D eigenvalue weighted by molar-refractivity contribution is 5.20. The van der Waals surface area contributed by atoms with Crippen molar-refractivity contribution in [3.8, 4) is 5.75 Å². The Labute approximate surface area is 105 Å².